The fourth-order valence-electron chi connectivity index (χ4n) is 3.60. The summed E-state index contributed by atoms with van der Waals surface area (Å²) < 4.78 is 1.23. The third-order valence-electron chi connectivity index (χ3n) is 4.74. The Labute approximate surface area is 124 Å². The summed E-state index contributed by atoms with van der Waals surface area (Å²) >= 11 is 3.66. The molecule has 2 aliphatic heterocycles. The van der Waals surface area contributed by atoms with Crippen molar-refractivity contribution in [3.05, 3.63) is 28.2 Å². The van der Waals surface area contributed by atoms with Gasteiger partial charge in [-0.25, -0.2) is 0 Å². The second-order valence-corrected chi connectivity index (χ2v) is 6.88. The highest BCUT2D eigenvalue weighted by Crippen LogP contribution is 2.32. The molecule has 2 saturated heterocycles. The first-order chi connectivity index (χ1) is 9.16. The number of benzene rings is 1. The number of piperidine rings is 1. The fourth-order valence-corrected chi connectivity index (χ4v) is 3.95. The number of piperazine rings is 1. The lowest BCUT2D eigenvalue weighted by molar-refractivity contribution is 0.115. The maximum Gasteiger partial charge on any atom is 0.0410 e. The molecule has 2 aliphatic rings. The van der Waals surface area contributed by atoms with Gasteiger partial charge in [0.2, 0.25) is 0 Å². The van der Waals surface area contributed by atoms with Crippen molar-refractivity contribution in [3.63, 3.8) is 0 Å². The van der Waals surface area contributed by atoms with Crippen LogP contribution in [-0.2, 0) is 0 Å². The van der Waals surface area contributed by atoms with Gasteiger partial charge < -0.3 is 4.90 Å². The van der Waals surface area contributed by atoms with Crippen LogP contribution >= 0.6 is 15.9 Å². The molecule has 2 nitrogen and oxygen atoms in total. The van der Waals surface area contributed by atoms with Gasteiger partial charge in [-0.3, -0.25) is 4.90 Å². The van der Waals surface area contributed by atoms with E-state index < -0.39 is 0 Å². The molecule has 2 fully saturated rings. The van der Waals surface area contributed by atoms with Crippen LogP contribution in [0, 0.1) is 6.92 Å². The van der Waals surface area contributed by atoms with Gasteiger partial charge in [-0.2, -0.15) is 0 Å². The Morgan fingerprint density at radius 3 is 2.89 bits per heavy atom. The number of fused-ring (bicyclic) bond motifs is 1. The van der Waals surface area contributed by atoms with Gasteiger partial charge in [0.15, 0.2) is 0 Å². The molecule has 0 aromatic heterocycles. The zero-order valence-electron chi connectivity index (χ0n) is 11.9. The Hall–Kier alpha value is -0.540. The maximum absolute atomic E-state index is 3.66. The van der Waals surface area contributed by atoms with E-state index in [2.05, 4.69) is 57.8 Å². The van der Waals surface area contributed by atoms with Gasteiger partial charge >= 0.3 is 0 Å². The topological polar surface area (TPSA) is 6.48 Å². The molecular formula is C16H23BrN2. The lowest BCUT2D eigenvalue weighted by Gasteiger charge is -2.48. The average Bonchev–Trinajstić information content (AvgIpc) is 2.41. The minimum atomic E-state index is 0.613. The average molecular weight is 323 g/mol. The molecule has 1 aromatic carbocycles. The van der Waals surface area contributed by atoms with Crippen molar-refractivity contribution < 1.29 is 0 Å². The summed E-state index contributed by atoms with van der Waals surface area (Å²) in [5.41, 5.74) is 2.78. The summed E-state index contributed by atoms with van der Waals surface area (Å²) in [6, 6.07) is 7.95. The van der Waals surface area contributed by atoms with E-state index in [0.29, 0.717) is 6.04 Å². The number of hydrogen-bond acceptors (Lipinski definition) is 2. The number of anilines is 1. The number of halogens is 1. The summed E-state index contributed by atoms with van der Waals surface area (Å²) in [6.07, 6.45) is 4.16. The third-order valence-corrected chi connectivity index (χ3v) is 5.59. The second-order valence-electron chi connectivity index (χ2n) is 6.03. The van der Waals surface area contributed by atoms with Gasteiger partial charge in [0.05, 0.1) is 0 Å². The largest absolute Gasteiger partial charge is 0.366 e. The lowest BCUT2D eigenvalue weighted by Crippen LogP contribution is -2.59. The van der Waals surface area contributed by atoms with Crippen molar-refractivity contribution in [3.8, 4) is 0 Å². The van der Waals surface area contributed by atoms with Crippen LogP contribution < -0.4 is 4.90 Å². The highest BCUT2D eigenvalue weighted by Gasteiger charge is 2.33. The monoisotopic (exact) mass is 322 g/mol. The Bertz CT molecular complexity index is 460. The zero-order valence-corrected chi connectivity index (χ0v) is 13.5. The molecule has 0 N–H and O–H groups in total. The minimum absolute atomic E-state index is 0.613. The molecule has 19 heavy (non-hydrogen) atoms. The predicted octanol–water partition coefficient (Wildman–Crippen LogP) is 3.82. The van der Waals surface area contributed by atoms with Gasteiger partial charge in [0.25, 0.3) is 0 Å². The highest BCUT2D eigenvalue weighted by atomic mass is 79.9. The molecule has 0 bridgehead atoms. The Kier molecular flexibility index (Phi) is 3.86. The van der Waals surface area contributed by atoms with E-state index in [1.807, 2.05) is 0 Å². The Balaban J connectivity index is 1.86. The summed E-state index contributed by atoms with van der Waals surface area (Å²) in [5, 5.41) is 0. The van der Waals surface area contributed by atoms with Crippen molar-refractivity contribution in [1.29, 1.82) is 0 Å². The molecule has 0 spiro atoms. The van der Waals surface area contributed by atoms with E-state index in [1.165, 1.54) is 54.6 Å². The summed E-state index contributed by atoms with van der Waals surface area (Å²) in [6.45, 7) is 8.31. The van der Waals surface area contributed by atoms with Crippen molar-refractivity contribution >= 4 is 21.6 Å². The Morgan fingerprint density at radius 2 is 2.05 bits per heavy atom. The number of rotatable bonds is 1. The van der Waals surface area contributed by atoms with Gasteiger partial charge in [0.1, 0.15) is 0 Å². The highest BCUT2D eigenvalue weighted by molar-refractivity contribution is 9.10. The van der Waals surface area contributed by atoms with Gasteiger partial charge in [-0.15, -0.1) is 0 Å². The normalized spacial score (nSPS) is 28.3. The smallest absolute Gasteiger partial charge is 0.0410 e. The first-order valence-electron chi connectivity index (χ1n) is 7.42. The van der Waals surface area contributed by atoms with Crippen molar-refractivity contribution in [2.24, 2.45) is 0 Å². The van der Waals surface area contributed by atoms with Crippen LogP contribution in [-0.4, -0.2) is 36.6 Å². The standard InChI is InChI=1S/C16H23BrN2/c1-12-10-18-9-4-3-6-14(18)11-19(12)16-8-5-7-15(17)13(16)2/h5,7-8,12,14H,3-4,6,9-11H2,1-2H3. The van der Waals surface area contributed by atoms with Crippen LogP contribution in [0.1, 0.15) is 31.7 Å². The van der Waals surface area contributed by atoms with E-state index in [0.717, 1.165) is 6.04 Å². The van der Waals surface area contributed by atoms with Crippen LogP contribution in [0.15, 0.2) is 22.7 Å². The lowest BCUT2D eigenvalue weighted by atomic mass is 9.96. The maximum atomic E-state index is 3.66. The summed E-state index contributed by atoms with van der Waals surface area (Å²) in [5.74, 6) is 0. The minimum Gasteiger partial charge on any atom is -0.366 e. The molecule has 0 aliphatic carbocycles. The molecule has 0 radical (unpaired) electrons. The molecule has 3 rings (SSSR count). The van der Waals surface area contributed by atoms with Crippen molar-refractivity contribution in [2.75, 3.05) is 24.5 Å². The quantitative estimate of drug-likeness (QED) is 0.775. The van der Waals surface area contributed by atoms with E-state index >= 15 is 0 Å². The molecule has 3 heteroatoms. The van der Waals surface area contributed by atoms with E-state index in [9.17, 15) is 0 Å². The van der Waals surface area contributed by atoms with Crippen molar-refractivity contribution in [2.45, 2.75) is 45.2 Å². The van der Waals surface area contributed by atoms with Crippen LogP contribution in [0.4, 0.5) is 5.69 Å². The molecule has 0 amide bonds. The first kappa shape index (κ1) is 13.4. The fraction of sp³-hybridized carbons (Fsp3) is 0.625. The SMILES string of the molecule is Cc1c(Br)cccc1N1CC2CCCCN2CC1C. The van der Waals surface area contributed by atoms with Gasteiger partial charge in [0, 0.05) is 35.3 Å². The third kappa shape index (κ3) is 2.55. The van der Waals surface area contributed by atoms with E-state index in [4.69, 9.17) is 0 Å². The molecule has 2 heterocycles. The molecule has 0 saturated carbocycles. The first-order valence-corrected chi connectivity index (χ1v) is 8.22. The molecule has 104 valence electrons. The molecule has 2 atom stereocenters. The molecule has 1 aromatic rings. The predicted molar refractivity (Wildman–Crippen MR) is 84.9 cm³/mol. The molecular weight excluding hydrogens is 300 g/mol. The second kappa shape index (κ2) is 5.45. The van der Waals surface area contributed by atoms with Gasteiger partial charge in [-0.05, 0) is 50.9 Å². The summed E-state index contributed by atoms with van der Waals surface area (Å²) in [7, 11) is 0. The van der Waals surface area contributed by atoms with Crippen LogP contribution in [0.25, 0.3) is 0 Å². The van der Waals surface area contributed by atoms with Gasteiger partial charge in [-0.1, -0.05) is 28.4 Å². The Morgan fingerprint density at radius 1 is 1.21 bits per heavy atom. The summed E-state index contributed by atoms with van der Waals surface area (Å²) in [4.78, 5) is 5.32. The van der Waals surface area contributed by atoms with Crippen LogP contribution in [0.5, 0.6) is 0 Å². The van der Waals surface area contributed by atoms with Crippen LogP contribution in [0.2, 0.25) is 0 Å². The van der Waals surface area contributed by atoms with E-state index in [1.54, 1.807) is 0 Å². The number of hydrogen-bond donors (Lipinski definition) is 0. The van der Waals surface area contributed by atoms with Crippen LogP contribution in [0.3, 0.4) is 0 Å². The molecule has 2 unspecified atom stereocenters. The van der Waals surface area contributed by atoms with E-state index in [-0.39, 0.29) is 0 Å². The van der Waals surface area contributed by atoms with Crippen molar-refractivity contribution in [1.82, 2.24) is 4.90 Å². The number of nitrogens with zero attached hydrogens (tertiary/aromatic N) is 2. The zero-order chi connectivity index (χ0) is 13.4.